The summed E-state index contributed by atoms with van der Waals surface area (Å²) in [6.45, 7) is 2.22. The Kier molecular flexibility index (Phi) is 6.25. The predicted molar refractivity (Wildman–Crippen MR) is 122 cm³/mol. The quantitative estimate of drug-likeness (QED) is 0.436. The van der Waals surface area contributed by atoms with Crippen molar-refractivity contribution in [1.82, 2.24) is 14.1 Å². The van der Waals surface area contributed by atoms with E-state index in [0.29, 0.717) is 36.6 Å². The van der Waals surface area contributed by atoms with Gasteiger partial charge in [-0.2, -0.15) is 9.40 Å². The highest BCUT2D eigenvalue weighted by atomic mass is 32.2. The number of non-ortho nitro benzene ring substituents is 1. The first-order valence-electron chi connectivity index (χ1n) is 10.4. The number of piperidine rings is 1. The molecular weight excluding hydrogens is 446 g/mol. The molecule has 1 aromatic heterocycles. The Hall–Kier alpha value is -3.57. The molecule has 1 aliphatic rings. The van der Waals surface area contributed by atoms with Crippen LogP contribution in [0.4, 0.5) is 11.5 Å². The lowest BCUT2D eigenvalue weighted by atomic mass is 9.99. The highest BCUT2D eigenvalue weighted by molar-refractivity contribution is 7.89. The van der Waals surface area contributed by atoms with Crippen LogP contribution in [0.3, 0.4) is 0 Å². The van der Waals surface area contributed by atoms with Gasteiger partial charge in [0.05, 0.1) is 27.1 Å². The van der Waals surface area contributed by atoms with Gasteiger partial charge in [0, 0.05) is 31.3 Å². The number of rotatable bonds is 6. The van der Waals surface area contributed by atoms with Gasteiger partial charge in [0.25, 0.3) is 5.69 Å². The maximum atomic E-state index is 13.0. The molecule has 2 aromatic carbocycles. The lowest BCUT2D eigenvalue weighted by Crippen LogP contribution is -2.43. The molecule has 1 atom stereocenters. The minimum Gasteiger partial charge on any atom is -0.310 e. The average Bonchev–Trinajstić information content (AvgIpc) is 3.19. The molecule has 0 radical (unpaired) electrons. The van der Waals surface area contributed by atoms with Crippen molar-refractivity contribution in [3.8, 4) is 5.69 Å². The number of hydrogen-bond acceptors (Lipinski definition) is 6. The third-order valence-electron chi connectivity index (χ3n) is 5.52. The van der Waals surface area contributed by atoms with E-state index in [1.807, 2.05) is 0 Å². The molecule has 0 spiro atoms. The normalized spacial score (nSPS) is 16.9. The number of amides is 1. The monoisotopic (exact) mass is 469 g/mol. The zero-order chi connectivity index (χ0) is 23.6. The maximum Gasteiger partial charge on any atom is 0.269 e. The van der Waals surface area contributed by atoms with Gasteiger partial charge in [-0.1, -0.05) is 18.2 Å². The van der Waals surface area contributed by atoms with Crippen LogP contribution < -0.4 is 5.32 Å². The van der Waals surface area contributed by atoms with E-state index in [0.717, 1.165) is 0 Å². The van der Waals surface area contributed by atoms with Gasteiger partial charge in [0.15, 0.2) is 0 Å². The van der Waals surface area contributed by atoms with E-state index in [1.54, 1.807) is 55.5 Å². The zero-order valence-corrected chi connectivity index (χ0v) is 18.7. The van der Waals surface area contributed by atoms with Crippen molar-refractivity contribution in [2.24, 2.45) is 5.92 Å². The largest absolute Gasteiger partial charge is 0.310 e. The second-order valence-electron chi connectivity index (χ2n) is 7.86. The van der Waals surface area contributed by atoms with Crippen LogP contribution in [0.2, 0.25) is 0 Å². The van der Waals surface area contributed by atoms with Gasteiger partial charge in [0.2, 0.25) is 15.9 Å². The summed E-state index contributed by atoms with van der Waals surface area (Å²) < 4.78 is 28.8. The van der Waals surface area contributed by atoms with E-state index in [9.17, 15) is 23.3 Å². The molecule has 0 aliphatic carbocycles. The van der Waals surface area contributed by atoms with Gasteiger partial charge in [-0.25, -0.2) is 13.1 Å². The first kappa shape index (κ1) is 22.6. The molecule has 1 saturated heterocycles. The van der Waals surface area contributed by atoms with Crippen molar-refractivity contribution in [3.63, 3.8) is 0 Å². The van der Waals surface area contributed by atoms with E-state index in [2.05, 4.69) is 10.4 Å². The second-order valence-corrected chi connectivity index (χ2v) is 9.80. The minimum absolute atomic E-state index is 0.0462. The number of benzene rings is 2. The van der Waals surface area contributed by atoms with E-state index < -0.39 is 20.9 Å². The van der Waals surface area contributed by atoms with E-state index >= 15 is 0 Å². The number of nitro groups is 1. The van der Waals surface area contributed by atoms with Crippen molar-refractivity contribution in [3.05, 3.63) is 76.5 Å². The number of nitrogens with zero attached hydrogens (tertiary/aromatic N) is 4. The van der Waals surface area contributed by atoms with Crippen molar-refractivity contribution >= 4 is 27.4 Å². The van der Waals surface area contributed by atoms with Gasteiger partial charge in [-0.15, -0.1) is 0 Å². The van der Waals surface area contributed by atoms with Crippen LogP contribution >= 0.6 is 0 Å². The van der Waals surface area contributed by atoms with Crippen molar-refractivity contribution in [2.75, 3.05) is 18.4 Å². The van der Waals surface area contributed by atoms with Crippen LogP contribution in [0.15, 0.2) is 65.6 Å². The third kappa shape index (κ3) is 4.78. The molecule has 1 N–H and O–H groups in total. The molecule has 3 aromatic rings. The van der Waals surface area contributed by atoms with Crippen LogP contribution in [0.5, 0.6) is 0 Å². The van der Waals surface area contributed by atoms with Crippen LogP contribution in [0.25, 0.3) is 5.69 Å². The highest BCUT2D eigenvalue weighted by Crippen LogP contribution is 2.26. The summed E-state index contributed by atoms with van der Waals surface area (Å²) in [5, 5.41) is 18.1. The second kappa shape index (κ2) is 9.12. The number of aryl methyl sites for hydroxylation is 1. The third-order valence-corrected chi connectivity index (χ3v) is 7.40. The number of hydrogen-bond donors (Lipinski definition) is 1. The number of nitrogens with one attached hydrogen (secondary N) is 1. The van der Waals surface area contributed by atoms with Crippen LogP contribution in [0.1, 0.15) is 18.5 Å². The van der Waals surface area contributed by atoms with Crippen LogP contribution in [0, 0.1) is 23.0 Å². The Labute approximate surface area is 191 Å². The Balaban J connectivity index is 1.51. The molecule has 1 unspecified atom stereocenters. The summed E-state index contributed by atoms with van der Waals surface area (Å²) in [7, 11) is -3.68. The highest BCUT2D eigenvalue weighted by Gasteiger charge is 2.33. The molecule has 11 heteroatoms. The van der Waals surface area contributed by atoms with Crippen LogP contribution in [-0.4, -0.2) is 46.4 Å². The Morgan fingerprint density at radius 2 is 1.85 bits per heavy atom. The first-order valence-corrected chi connectivity index (χ1v) is 11.9. The SMILES string of the molecule is Cc1cc(NC(=O)C2CCCN(S(=O)(=O)c3ccccc3)C2)n(-c2ccc([N+](=O)[O-])cc2)n1. The van der Waals surface area contributed by atoms with Crippen molar-refractivity contribution in [1.29, 1.82) is 0 Å². The number of carbonyl (C=O) groups is 1. The summed E-state index contributed by atoms with van der Waals surface area (Å²) in [4.78, 5) is 23.7. The zero-order valence-electron chi connectivity index (χ0n) is 17.9. The molecular formula is C22H23N5O5S. The van der Waals surface area contributed by atoms with Gasteiger partial charge in [0.1, 0.15) is 5.82 Å². The first-order chi connectivity index (χ1) is 15.8. The van der Waals surface area contributed by atoms with Crippen molar-refractivity contribution in [2.45, 2.75) is 24.7 Å². The molecule has 1 fully saturated rings. The number of anilines is 1. The van der Waals surface area contributed by atoms with Gasteiger partial charge >= 0.3 is 0 Å². The summed E-state index contributed by atoms with van der Waals surface area (Å²) >= 11 is 0. The smallest absolute Gasteiger partial charge is 0.269 e. The number of nitro benzene ring substituents is 1. The average molecular weight is 470 g/mol. The maximum absolute atomic E-state index is 13.0. The number of carbonyl (C=O) groups excluding carboxylic acids is 1. The Bertz CT molecular complexity index is 1270. The van der Waals surface area contributed by atoms with Gasteiger partial charge < -0.3 is 5.32 Å². The van der Waals surface area contributed by atoms with Gasteiger partial charge in [-0.05, 0) is 44.0 Å². The van der Waals surface area contributed by atoms with E-state index in [1.165, 1.54) is 21.1 Å². The summed E-state index contributed by atoms with van der Waals surface area (Å²) in [5.74, 6) is -0.404. The number of aromatic nitrogens is 2. The minimum atomic E-state index is -3.68. The van der Waals surface area contributed by atoms with Crippen molar-refractivity contribution < 1.29 is 18.1 Å². The topological polar surface area (TPSA) is 127 Å². The Morgan fingerprint density at radius 1 is 1.15 bits per heavy atom. The fourth-order valence-corrected chi connectivity index (χ4v) is 5.39. The fraction of sp³-hybridized carbons (Fsp3) is 0.273. The summed E-state index contributed by atoms with van der Waals surface area (Å²) in [6, 6.07) is 15.7. The standard InChI is InChI=1S/C22H23N5O5S/c1-16-14-21(26(24-16)18-9-11-19(12-10-18)27(29)30)23-22(28)17-6-5-13-25(15-17)33(31,32)20-7-3-2-4-8-20/h2-4,7-12,14,17H,5-6,13,15H2,1H3,(H,23,28). The molecule has 0 saturated carbocycles. The number of sulfonamides is 1. The molecule has 2 heterocycles. The van der Waals surface area contributed by atoms with E-state index in [-0.39, 0.29) is 23.0 Å². The predicted octanol–water partition coefficient (Wildman–Crippen LogP) is 3.13. The van der Waals surface area contributed by atoms with Crippen LogP contribution in [-0.2, 0) is 14.8 Å². The molecule has 0 bridgehead atoms. The molecule has 172 valence electrons. The summed E-state index contributed by atoms with van der Waals surface area (Å²) in [6.07, 6.45) is 1.14. The molecule has 10 nitrogen and oxygen atoms in total. The Morgan fingerprint density at radius 3 is 2.52 bits per heavy atom. The fourth-order valence-electron chi connectivity index (χ4n) is 3.85. The lowest BCUT2D eigenvalue weighted by molar-refractivity contribution is -0.384. The lowest BCUT2D eigenvalue weighted by Gasteiger charge is -2.31. The molecule has 1 aliphatic heterocycles. The van der Waals surface area contributed by atoms with Gasteiger partial charge in [-0.3, -0.25) is 14.9 Å². The summed E-state index contributed by atoms with van der Waals surface area (Å²) in [5.41, 5.74) is 1.16. The molecule has 1 amide bonds. The molecule has 33 heavy (non-hydrogen) atoms. The molecule has 4 rings (SSSR count). The van der Waals surface area contributed by atoms with E-state index in [4.69, 9.17) is 0 Å².